The van der Waals surface area contributed by atoms with Crippen molar-refractivity contribution in [3.05, 3.63) is 77.6 Å². The fraction of sp³-hybridized carbons (Fsp3) is 0.190. The van der Waals surface area contributed by atoms with Crippen molar-refractivity contribution in [3.8, 4) is 0 Å². The first-order chi connectivity index (χ1) is 12.6. The molecule has 0 spiro atoms. The van der Waals surface area contributed by atoms with Crippen LogP contribution in [0, 0.1) is 5.92 Å². The number of amides is 2. The van der Waals surface area contributed by atoms with Crippen LogP contribution in [0.15, 0.2) is 66.5 Å². The number of imide groups is 1. The Hall–Kier alpha value is -3.21. The Morgan fingerprint density at radius 2 is 1.88 bits per heavy atom. The molecule has 4 rings (SSSR count). The van der Waals surface area contributed by atoms with E-state index in [1.54, 1.807) is 6.08 Å². The van der Waals surface area contributed by atoms with Gasteiger partial charge in [0.15, 0.2) is 0 Å². The molecule has 26 heavy (non-hydrogen) atoms. The summed E-state index contributed by atoms with van der Waals surface area (Å²) >= 11 is 0. The highest BCUT2D eigenvalue weighted by Gasteiger charge is 2.40. The molecule has 0 saturated heterocycles. The van der Waals surface area contributed by atoms with Crippen LogP contribution in [-0.4, -0.2) is 22.7 Å². The van der Waals surface area contributed by atoms with E-state index in [9.17, 15) is 14.4 Å². The van der Waals surface area contributed by atoms with Gasteiger partial charge in [0.05, 0.1) is 6.42 Å². The molecule has 1 aromatic rings. The van der Waals surface area contributed by atoms with Crippen molar-refractivity contribution in [3.63, 3.8) is 0 Å². The third kappa shape index (κ3) is 2.92. The minimum Gasteiger partial charge on any atom is -0.428 e. The highest BCUT2D eigenvalue weighted by atomic mass is 16.5. The van der Waals surface area contributed by atoms with E-state index in [2.05, 4.69) is 0 Å². The van der Waals surface area contributed by atoms with Gasteiger partial charge in [-0.2, -0.15) is 0 Å². The number of carbonyl (C=O) groups is 3. The summed E-state index contributed by atoms with van der Waals surface area (Å²) < 4.78 is 5.61. The number of hydrogen-bond acceptors (Lipinski definition) is 4. The Balaban J connectivity index is 1.57. The summed E-state index contributed by atoms with van der Waals surface area (Å²) in [5.41, 5.74) is 1.62. The zero-order valence-corrected chi connectivity index (χ0v) is 14.0. The molecule has 0 saturated carbocycles. The van der Waals surface area contributed by atoms with Crippen molar-refractivity contribution in [1.82, 2.24) is 4.90 Å². The average Bonchev–Trinajstić information content (AvgIpc) is 3.14. The fourth-order valence-corrected chi connectivity index (χ4v) is 3.47. The van der Waals surface area contributed by atoms with E-state index >= 15 is 0 Å². The topological polar surface area (TPSA) is 63.7 Å². The molecule has 1 heterocycles. The van der Waals surface area contributed by atoms with Gasteiger partial charge in [0, 0.05) is 12.2 Å². The quantitative estimate of drug-likeness (QED) is 0.620. The maximum atomic E-state index is 12.4. The number of allylic oxidation sites excluding steroid dienone is 4. The third-order valence-electron chi connectivity index (χ3n) is 4.69. The second-order valence-electron chi connectivity index (χ2n) is 6.45. The van der Waals surface area contributed by atoms with Crippen LogP contribution < -0.4 is 0 Å². The van der Waals surface area contributed by atoms with Gasteiger partial charge in [0.1, 0.15) is 11.8 Å². The van der Waals surface area contributed by atoms with E-state index in [1.165, 1.54) is 12.2 Å². The number of ether oxygens (including phenoxy) is 1. The van der Waals surface area contributed by atoms with Crippen molar-refractivity contribution in [2.75, 3.05) is 0 Å². The number of esters is 1. The first-order valence-electron chi connectivity index (χ1n) is 8.53. The molecule has 1 aromatic carbocycles. The van der Waals surface area contributed by atoms with Gasteiger partial charge in [-0.05, 0) is 29.5 Å². The highest BCUT2D eigenvalue weighted by Crippen LogP contribution is 2.40. The average molecular weight is 347 g/mol. The minimum atomic E-state index is -0.702. The largest absolute Gasteiger partial charge is 0.428 e. The predicted octanol–water partition coefficient (Wildman–Crippen LogP) is 3.07. The van der Waals surface area contributed by atoms with Crippen molar-refractivity contribution in [1.29, 1.82) is 0 Å². The molecule has 0 bridgehead atoms. The minimum absolute atomic E-state index is 0.104. The summed E-state index contributed by atoms with van der Waals surface area (Å²) in [5.74, 6) is -0.756. The molecule has 0 N–H and O–H groups in total. The molecule has 2 unspecified atom stereocenters. The molecule has 0 fully saturated rings. The Kier molecular flexibility index (Phi) is 4.13. The first kappa shape index (κ1) is 16.3. The van der Waals surface area contributed by atoms with Gasteiger partial charge in [-0.3, -0.25) is 19.3 Å². The van der Waals surface area contributed by atoms with Gasteiger partial charge in [-0.15, -0.1) is 0 Å². The van der Waals surface area contributed by atoms with Gasteiger partial charge in [0.2, 0.25) is 0 Å². The summed E-state index contributed by atoms with van der Waals surface area (Å²) in [6, 6.07) is 6.71. The molecule has 130 valence electrons. The molecule has 3 aliphatic rings. The molecular formula is C21H17NO4. The molecular weight excluding hydrogens is 330 g/mol. The molecule has 0 radical (unpaired) electrons. The van der Waals surface area contributed by atoms with Gasteiger partial charge in [-0.1, -0.05) is 48.6 Å². The lowest BCUT2D eigenvalue weighted by atomic mass is 9.97. The van der Waals surface area contributed by atoms with Crippen LogP contribution >= 0.6 is 0 Å². The SMILES string of the molecule is O=C(CC1C=CC=CC1)OC1=Cc2ccccc2C1N1C(=O)C=CC1=O. The maximum Gasteiger partial charge on any atom is 0.311 e. The maximum absolute atomic E-state index is 12.4. The lowest BCUT2D eigenvalue weighted by Gasteiger charge is -2.25. The zero-order valence-electron chi connectivity index (χ0n) is 14.0. The number of benzene rings is 1. The lowest BCUT2D eigenvalue weighted by molar-refractivity contribution is -0.146. The normalized spacial score (nSPS) is 23.4. The van der Waals surface area contributed by atoms with Crippen LogP contribution in [0.25, 0.3) is 6.08 Å². The van der Waals surface area contributed by atoms with Crippen molar-refractivity contribution >= 4 is 23.9 Å². The van der Waals surface area contributed by atoms with Gasteiger partial charge in [-0.25, -0.2) is 0 Å². The lowest BCUT2D eigenvalue weighted by Crippen LogP contribution is -2.35. The fourth-order valence-electron chi connectivity index (χ4n) is 3.47. The van der Waals surface area contributed by atoms with E-state index in [0.29, 0.717) is 5.76 Å². The van der Waals surface area contributed by atoms with Crippen molar-refractivity contribution in [2.45, 2.75) is 18.9 Å². The Labute approximate surface area is 150 Å². The molecule has 0 aromatic heterocycles. The number of fused-ring (bicyclic) bond motifs is 1. The number of nitrogens with zero attached hydrogens (tertiary/aromatic N) is 1. The predicted molar refractivity (Wildman–Crippen MR) is 95.2 cm³/mol. The summed E-state index contributed by atoms with van der Waals surface area (Å²) in [6.07, 6.45) is 13.1. The zero-order chi connectivity index (χ0) is 18.1. The molecule has 5 heteroatoms. The van der Waals surface area contributed by atoms with Crippen LogP contribution in [0.1, 0.15) is 30.0 Å². The summed E-state index contributed by atoms with van der Waals surface area (Å²) in [4.78, 5) is 37.9. The molecule has 2 aliphatic carbocycles. The van der Waals surface area contributed by atoms with E-state index in [0.717, 1.165) is 22.4 Å². The Bertz CT molecular complexity index is 888. The van der Waals surface area contributed by atoms with E-state index in [-0.39, 0.29) is 18.3 Å². The second kappa shape index (κ2) is 6.59. The van der Waals surface area contributed by atoms with Crippen LogP contribution in [0.3, 0.4) is 0 Å². The monoisotopic (exact) mass is 347 g/mol. The molecule has 2 amide bonds. The first-order valence-corrected chi connectivity index (χ1v) is 8.53. The van der Waals surface area contributed by atoms with Gasteiger partial charge in [0.25, 0.3) is 11.8 Å². The molecule has 5 nitrogen and oxygen atoms in total. The summed E-state index contributed by atoms with van der Waals surface area (Å²) in [6.45, 7) is 0. The van der Waals surface area contributed by atoms with Crippen molar-refractivity contribution in [2.24, 2.45) is 5.92 Å². The molecule has 1 aliphatic heterocycles. The Morgan fingerprint density at radius 3 is 2.62 bits per heavy atom. The third-order valence-corrected chi connectivity index (χ3v) is 4.69. The highest BCUT2D eigenvalue weighted by molar-refractivity contribution is 6.13. The summed E-state index contributed by atoms with van der Waals surface area (Å²) in [7, 11) is 0. The number of carbonyl (C=O) groups excluding carboxylic acids is 3. The van der Waals surface area contributed by atoms with Crippen LogP contribution in [0.2, 0.25) is 0 Å². The van der Waals surface area contributed by atoms with Crippen LogP contribution in [0.5, 0.6) is 0 Å². The van der Waals surface area contributed by atoms with Gasteiger partial charge >= 0.3 is 5.97 Å². The summed E-state index contributed by atoms with van der Waals surface area (Å²) in [5, 5.41) is 0. The van der Waals surface area contributed by atoms with E-state index in [1.807, 2.05) is 48.6 Å². The van der Waals surface area contributed by atoms with E-state index < -0.39 is 17.9 Å². The van der Waals surface area contributed by atoms with Crippen LogP contribution in [-0.2, 0) is 19.1 Å². The van der Waals surface area contributed by atoms with Gasteiger partial charge < -0.3 is 4.74 Å². The van der Waals surface area contributed by atoms with E-state index in [4.69, 9.17) is 4.74 Å². The van der Waals surface area contributed by atoms with Crippen LogP contribution in [0.4, 0.5) is 0 Å². The Morgan fingerprint density at radius 1 is 1.12 bits per heavy atom. The smallest absolute Gasteiger partial charge is 0.311 e. The number of rotatable bonds is 4. The standard InChI is InChI=1S/C21H17NO4/c23-18-10-11-19(24)22(18)21-16-9-5-4-8-15(16)13-17(21)26-20(25)12-14-6-2-1-3-7-14/h1-6,8-11,13-14,21H,7,12H2. The molecule has 2 atom stereocenters. The van der Waals surface area contributed by atoms with Crippen molar-refractivity contribution < 1.29 is 19.1 Å². The second-order valence-corrected chi connectivity index (χ2v) is 6.45. The number of hydrogen-bond donors (Lipinski definition) is 0.